The Labute approximate surface area is 162 Å². The van der Waals surface area contributed by atoms with Gasteiger partial charge >= 0.3 is 5.97 Å². The molecular weight excluding hydrogens is 368 g/mol. The second-order valence-electron chi connectivity index (χ2n) is 6.45. The van der Waals surface area contributed by atoms with Crippen LogP contribution in [0, 0.1) is 16.8 Å². The monoisotopic (exact) mass is 392 g/mol. The first-order chi connectivity index (χ1) is 12.5. The van der Waals surface area contributed by atoms with E-state index in [4.69, 9.17) is 17.0 Å². The maximum atomic E-state index is 11.8. The van der Waals surface area contributed by atoms with E-state index in [2.05, 4.69) is 34.4 Å². The molecule has 3 rings (SSSR count). The first-order valence-corrected chi connectivity index (χ1v) is 10.1. The van der Waals surface area contributed by atoms with Gasteiger partial charge in [0.15, 0.2) is 3.95 Å². The average molecular weight is 393 g/mol. The molecule has 1 N–H and O–H groups in total. The summed E-state index contributed by atoms with van der Waals surface area (Å²) in [5.41, 5.74) is 2.21. The molecule has 26 heavy (non-hydrogen) atoms. The molecule has 1 fully saturated rings. The molecule has 6 nitrogen and oxygen atoms in total. The van der Waals surface area contributed by atoms with Crippen LogP contribution in [-0.4, -0.2) is 40.3 Å². The van der Waals surface area contributed by atoms with E-state index in [0.717, 1.165) is 40.7 Å². The summed E-state index contributed by atoms with van der Waals surface area (Å²) < 4.78 is 7.72. The number of carbonyl (C=O) groups excluding carboxylic acids is 1. The van der Waals surface area contributed by atoms with Gasteiger partial charge in [0.05, 0.1) is 19.2 Å². The smallest absolute Gasteiger partial charge is 0.309 e. The molecule has 0 unspecified atom stereocenters. The van der Waals surface area contributed by atoms with E-state index < -0.39 is 0 Å². The lowest BCUT2D eigenvalue weighted by atomic mass is 9.97. The fourth-order valence-electron chi connectivity index (χ4n) is 3.05. The van der Waals surface area contributed by atoms with Gasteiger partial charge in [-0.3, -0.25) is 9.69 Å². The van der Waals surface area contributed by atoms with Crippen molar-refractivity contribution >= 4 is 40.3 Å². The van der Waals surface area contributed by atoms with Gasteiger partial charge in [-0.1, -0.05) is 23.5 Å². The van der Waals surface area contributed by atoms with Crippen molar-refractivity contribution in [3.8, 4) is 0 Å². The van der Waals surface area contributed by atoms with Gasteiger partial charge in [-0.15, -0.1) is 5.10 Å². The highest BCUT2D eigenvalue weighted by Crippen LogP contribution is 2.23. The fourth-order valence-corrected chi connectivity index (χ4v) is 4.07. The Kier molecular flexibility index (Phi) is 6.39. The molecule has 0 spiro atoms. The SMILES string of the molecule is CCOC(=O)C1CCN(Cn2nc(Nc3cccc(C)c3)sc2=S)CC1. The minimum atomic E-state index is -0.0675. The van der Waals surface area contributed by atoms with E-state index in [0.29, 0.717) is 13.3 Å². The second kappa shape index (κ2) is 8.75. The van der Waals surface area contributed by atoms with E-state index in [1.54, 1.807) is 0 Å². The molecule has 8 heteroatoms. The molecule has 2 aromatic rings. The lowest BCUT2D eigenvalue weighted by molar-refractivity contribution is -0.149. The fraction of sp³-hybridized carbons (Fsp3) is 0.500. The molecular formula is C18H24N4O2S2. The number of anilines is 2. The number of aryl methyl sites for hydroxylation is 1. The van der Waals surface area contributed by atoms with Gasteiger partial charge in [0.25, 0.3) is 0 Å². The van der Waals surface area contributed by atoms with Crippen molar-refractivity contribution in [1.29, 1.82) is 0 Å². The number of nitrogens with zero attached hydrogens (tertiary/aromatic N) is 3. The van der Waals surface area contributed by atoms with E-state index >= 15 is 0 Å². The molecule has 0 aliphatic carbocycles. The summed E-state index contributed by atoms with van der Waals surface area (Å²) in [6.45, 7) is 6.71. The van der Waals surface area contributed by atoms with Crippen LogP contribution >= 0.6 is 23.6 Å². The number of hydrogen-bond acceptors (Lipinski definition) is 7. The van der Waals surface area contributed by atoms with Gasteiger partial charge in [0.1, 0.15) is 0 Å². The van der Waals surface area contributed by atoms with E-state index in [9.17, 15) is 4.79 Å². The van der Waals surface area contributed by atoms with Crippen molar-refractivity contribution in [2.24, 2.45) is 5.92 Å². The zero-order valence-corrected chi connectivity index (χ0v) is 16.7. The third-order valence-corrected chi connectivity index (χ3v) is 5.64. The minimum Gasteiger partial charge on any atom is -0.466 e. The molecule has 1 aromatic heterocycles. The molecule has 140 valence electrons. The molecule has 0 radical (unpaired) electrons. The molecule has 0 saturated carbocycles. The van der Waals surface area contributed by atoms with Gasteiger partial charge in [0.2, 0.25) is 5.13 Å². The van der Waals surface area contributed by atoms with Gasteiger partial charge in [-0.25, -0.2) is 4.68 Å². The van der Waals surface area contributed by atoms with Crippen molar-refractivity contribution in [2.75, 3.05) is 25.0 Å². The van der Waals surface area contributed by atoms with Crippen LogP contribution < -0.4 is 5.32 Å². The van der Waals surface area contributed by atoms with Crippen LogP contribution in [0.2, 0.25) is 0 Å². The number of carbonyl (C=O) groups is 1. The van der Waals surface area contributed by atoms with Crippen LogP contribution in [0.5, 0.6) is 0 Å². The van der Waals surface area contributed by atoms with Crippen molar-refractivity contribution in [1.82, 2.24) is 14.7 Å². The van der Waals surface area contributed by atoms with Crippen molar-refractivity contribution in [2.45, 2.75) is 33.4 Å². The maximum absolute atomic E-state index is 11.8. The van der Waals surface area contributed by atoms with Crippen LogP contribution in [0.4, 0.5) is 10.8 Å². The number of esters is 1. The third kappa shape index (κ3) is 4.90. The Bertz CT molecular complexity index is 810. The Morgan fingerprint density at radius 1 is 1.42 bits per heavy atom. The predicted octanol–water partition coefficient (Wildman–Crippen LogP) is 3.96. The quantitative estimate of drug-likeness (QED) is 0.593. The molecule has 0 amide bonds. The number of hydrogen-bond donors (Lipinski definition) is 1. The normalized spacial score (nSPS) is 15.8. The zero-order valence-electron chi connectivity index (χ0n) is 15.1. The summed E-state index contributed by atoms with van der Waals surface area (Å²) in [6, 6.07) is 8.17. The highest BCUT2D eigenvalue weighted by atomic mass is 32.1. The average Bonchev–Trinajstić information content (AvgIpc) is 2.95. The van der Waals surface area contributed by atoms with Crippen LogP contribution in [0.15, 0.2) is 24.3 Å². The van der Waals surface area contributed by atoms with Crippen molar-refractivity contribution < 1.29 is 9.53 Å². The van der Waals surface area contributed by atoms with Crippen LogP contribution in [0.3, 0.4) is 0 Å². The number of aromatic nitrogens is 2. The van der Waals surface area contributed by atoms with E-state index in [-0.39, 0.29) is 11.9 Å². The molecule has 1 saturated heterocycles. The topological polar surface area (TPSA) is 59.4 Å². The third-order valence-electron chi connectivity index (χ3n) is 4.42. The summed E-state index contributed by atoms with van der Waals surface area (Å²) in [4.78, 5) is 14.1. The van der Waals surface area contributed by atoms with E-state index in [1.807, 2.05) is 23.7 Å². The van der Waals surface area contributed by atoms with Gasteiger partial charge in [0, 0.05) is 18.8 Å². The molecule has 1 aliphatic rings. The van der Waals surface area contributed by atoms with Crippen LogP contribution in [0.25, 0.3) is 0 Å². The summed E-state index contributed by atoms with van der Waals surface area (Å²) in [7, 11) is 0. The summed E-state index contributed by atoms with van der Waals surface area (Å²) in [6.07, 6.45) is 1.65. The van der Waals surface area contributed by atoms with Crippen molar-refractivity contribution in [3.05, 3.63) is 33.8 Å². The summed E-state index contributed by atoms with van der Waals surface area (Å²) in [5, 5.41) is 8.71. The number of benzene rings is 1. The zero-order chi connectivity index (χ0) is 18.5. The number of likely N-dealkylation sites (tertiary alicyclic amines) is 1. The minimum absolute atomic E-state index is 0.0214. The highest BCUT2D eigenvalue weighted by Gasteiger charge is 2.26. The molecule has 1 aromatic carbocycles. The lowest BCUT2D eigenvalue weighted by Gasteiger charge is -2.30. The number of rotatable bonds is 6. The first-order valence-electron chi connectivity index (χ1n) is 8.86. The Balaban J connectivity index is 1.57. The number of nitrogens with one attached hydrogen (secondary N) is 1. The van der Waals surface area contributed by atoms with E-state index in [1.165, 1.54) is 16.9 Å². The van der Waals surface area contributed by atoms with Crippen LogP contribution in [0.1, 0.15) is 25.3 Å². The largest absolute Gasteiger partial charge is 0.466 e. The molecule has 0 atom stereocenters. The standard InChI is InChI=1S/C18H24N4O2S2/c1-3-24-16(23)14-7-9-21(10-8-14)12-22-18(25)26-17(20-22)19-15-6-4-5-13(2)11-15/h4-6,11,14H,3,7-10,12H2,1-2H3,(H,19,20). The molecule has 2 heterocycles. The number of piperidine rings is 1. The molecule has 1 aliphatic heterocycles. The van der Waals surface area contributed by atoms with Crippen LogP contribution in [-0.2, 0) is 16.2 Å². The molecule has 0 bridgehead atoms. The highest BCUT2D eigenvalue weighted by molar-refractivity contribution is 7.73. The Morgan fingerprint density at radius 3 is 2.88 bits per heavy atom. The van der Waals surface area contributed by atoms with Gasteiger partial charge in [-0.2, -0.15) is 0 Å². The van der Waals surface area contributed by atoms with Gasteiger partial charge in [-0.05, 0) is 56.6 Å². The summed E-state index contributed by atoms with van der Waals surface area (Å²) >= 11 is 6.93. The van der Waals surface area contributed by atoms with Gasteiger partial charge < -0.3 is 10.1 Å². The Morgan fingerprint density at radius 2 is 2.19 bits per heavy atom. The summed E-state index contributed by atoms with van der Waals surface area (Å²) in [5.74, 6) is -0.0461. The second-order valence-corrected chi connectivity index (χ2v) is 8.08. The maximum Gasteiger partial charge on any atom is 0.309 e. The predicted molar refractivity (Wildman–Crippen MR) is 106 cm³/mol. The first kappa shape index (κ1) is 19.0. The lowest BCUT2D eigenvalue weighted by Crippen LogP contribution is -2.38. The number of ether oxygens (including phenoxy) is 1. The Hall–Kier alpha value is -1.77. The van der Waals surface area contributed by atoms with Crippen molar-refractivity contribution in [3.63, 3.8) is 0 Å².